The number of urea groups is 1. The lowest BCUT2D eigenvalue weighted by Gasteiger charge is -2.23. The summed E-state index contributed by atoms with van der Waals surface area (Å²) in [6, 6.07) is -0.478. The van der Waals surface area contributed by atoms with E-state index in [1.165, 1.54) is 12.0 Å². The lowest BCUT2D eigenvalue weighted by Crippen LogP contribution is -2.46. The predicted octanol–water partition coefficient (Wildman–Crippen LogP) is 0.834. The van der Waals surface area contributed by atoms with Gasteiger partial charge in [-0.25, -0.2) is 4.79 Å². The Bertz CT molecular complexity index is 372. The van der Waals surface area contributed by atoms with Crippen LogP contribution < -0.4 is 5.32 Å². The fourth-order valence-electron chi connectivity index (χ4n) is 2.35. The van der Waals surface area contributed by atoms with Gasteiger partial charge in [-0.15, -0.1) is 0 Å². The summed E-state index contributed by atoms with van der Waals surface area (Å²) in [6.07, 6.45) is 2.40. The Kier molecular flexibility index (Phi) is 6.27. The number of rotatable bonds is 6. The van der Waals surface area contributed by atoms with Crippen LogP contribution >= 0.6 is 0 Å². The highest BCUT2D eigenvalue weighted by molar-refractivity contribution is 5.81. The van der Waals surface area contributed by atoms with Crippen LogP contribution in [-0.4, -0.2) is 54.2 Å². The molecule has 0 aromatic rings. The molecule has 0 aliphatic heterocycles. The molecule has 2 N–H and O–H groups in total. The number of carboxylic acid groups (broad SMARTS) is 1. The molecule has 0 saturated heterocycles. The van der Waals surface area contributed by atoms with Crippen molar-refractivity contribution in [2.24, 2.45) is 5.92 Å². The van der Waals surface area contributed by atoms with Crippen LogP contribution in [0.2, 0.25) is 0 Å². The normalized spacial score (nSPS) is 21.3. The van der Waals surface area contributed by atoms with Gasteiger partial charge in [0, 0.05) is 12.6 Å². The average molecular weight is 286 g/mol. The highest BCUT2D eigenvalue weighted by atomic mass is 16.5. The second-order valence-electron chi connectivity index (χ2n) is 4.99. The van der Waals surface area contributed by atoms with Crippen LogP contribution in [0.1, 0.15) is 32.6 Å². The Morgan fingerprint density at radius 3 is 2.55 bits per heavy atom. The number of esters is 1. The van der Waals surface area contributed by atoms with E-state index in [9.17, 15) is 14.4 Å². The Hall–Kier alpha value is -1.79. The number of nitrogens with one attached hydrogen (secondary N) is 1. The van der Waals surface area contributed by atoms with Gasteiger partial charge >= 0.3 is 18.0 Å². The molecule has 1 fully saturated rings. The molecule has 1 aliphatic carbocycles. The topological polar surface area (TPSA) is 95.9 Å². The van der Waals surface area contributed by atoms with Crippen LogP contribution in [0.5, 0.6) is 0 Å². The molecule has 1 aliphatic rings. The maximum atomic E-state index is 12.1. The van der Waals surface area contributed by atoms with Crippen LogP contribution in [0.25, 0.3) is 0 Å². The SMILES string of the molecule is CCCN(CC(=O)OC)C(=O)N[C@H]1CC[C@@H](C(=O)O)C1. The Morgan fingerprint density at radius 1 is 1.35 bits per heavy atom. The molecule has 0 bridgehead atoms. The number of carboxylic acids is 1. The van der Waals surface area contributed by atoms with Gasteiger partial charge in [0.25, 0.3) is 0 Å². The van der Waals surface area contributed by atoms with Gasteiger partial charge in [0.15, 0.2) is 0 Å². The minimum atomic E-state index is -0.818. The zero-order chi connectivity index (χ0) is 15.1. The molecule has 20 heavy (non-hydrogen) atoms. The minimum Gasteiger partial charge on any atom is -0.481 e. The maximum absolute atomic E-state index is 12.1. The van der Waals surface area contributed by atoms with E-state index in [0.717, 1.165) is 6.42 Å². The first-order chi connectivity index (χ1) is 9.47. The van der Waals surface area contributed by atoms with Crippen LogP contribution in [0.4, 0.5) is 4.79 Å². The van der Waals surface area contributed by atoms with Gasteiger partial charge in [-0.3, -0.25) is 9.59 Å². The van der Waals surface area contributed by atoms with Gasteiger partial charge in [0.2, 0.25) is 0 Å². The van der Waals surface area contributed by atoms with E-state index in [4.69, 9.17) is 5.11 Å². The van der Waals surface area contributed by atoms with E-state index in [-0.39, 0.29) is 24.5 Å². The van der Waals surface area contributed by atoms with Gasteiger partial charge in [-0.1, -0.05) is 6.92 Å². The number of nitrogens with zero attached hydrogens (tertiary/aromatic N) is 1. The number of amides is 2. The monoisotopic (exact) mass is 286 g/mol. The lowest BCUT2D eigenvalue weighted by atomic mass is 10.1. The third-order valence-electron chi connectivity index (χ3n) is 3.44. The van der Waals surface area contributed by atoms with Gasteiger partial charge in [0.1, 0.15) is 6.54 Å². The molecule has 0 radical (unpaired) electrons. The van der Waals surface area contributed by atoms with Gasteiger partial charge in [0.05, 0.1) is 13.0 Å². The summed E-state index contributed by atoms with van der Waals surface area (Å²) in [5.74, 6) is -1.68. The van der Waals surface area contributed by atoms with Crippen molar-refractivity contribution in [3.63, 3.8) is 0 Å². The summed E-state index contributed by atoms with van der Waals surface area (Å²) in [6.45, 7) is 2.27. The molecule has 0 aromatic carbocycles. The second-order valence-corrected chi connectivity index (χ2v) is 4.99. The molecule has 0 unspecified atom stereocenters. The first-order valence-electron chi connectivity index (χ1n) is 6.83. The lowest BCUT2D eigenvalue weighted by molar-refractivity contribution is -0.142. The Morgan fingerprint density at radius 2 is 2.05 bits per heavy atom. The second kappa shape index (κ2) is 7.72. The van der Waals surface area contributed by atoms with Crippen LogP contribution in [0.3, 0.4) is 0 Å². The number of carbonyl (C=O) groups is 3. The van der Waals surface area contributed by atoms with Crippen LogP contribution in [0, 0.1) is 5.92 Å². The van der Waals surface area contributed by atoms with Crippen molar-refractivity contribution >= 4 is 18.0 Å². The third-order valence-corrected chi connectivity index (χ3v) is 3.44. The van der Waals surface area contributed by atoms with Crippen molar-refractivity contribution in [2.45, 2.75) is 38.6 Å². The van der Waals surface area contributed by atoms with Crippen molar-refractivity contribution in [3.8, 4) is 0 Å². The molecule has 2 atom stereocenters. The van der Waals surface area contributed by atoms with E-state index in [1.54, 1.807) is 0 Å². The molecule has 0 spiro atoms. The molecule has 114 valence electrons. The number of aliphatic carboxylic acids is 1. The Balaban J connectivity index is 2.50. The highest BCUT2D eigenvalue weighted by Crippen LogP contribution is 2.25. The van der Waals surface area contributed by atoms with Crippen molar-refractivity contribution in [3.05, 3.63) is 0 Å². The van der Waals surface area contributed by atoms with Crippen molar-refractivity contribution in [1.82, 2.24) is 10.2 Å². The largest absolute Gasteiger partial charge is 0.481 e. The number of carbonyl (C=O) groups excluding carboxylic acids is 2. The Labute approximate surface area is 118 Å². The summed E-state index contributed by atoms with van der Waals surface area (Å²) < 4.78 is 4.56. The number of methoxy groups -OCH3 is 1. The molecule has 1 rings (SSSR count). The summed E-state index contributed by atoms with van der Waals surface area (Å²) >= 11 is 0. The average Bonchev–Trinajstić information content (AvgIpc) is 2.86. The fourth-order valence-corrected chi connectivity index (χ4v) is 2.35. The molecule has 7 heteroatoms. The number of hydrogen-bond donors (Lipinski definition) is 2. The summed E-state index contributed by atoms with van der Waals surface area (Å²) in [5, 5.41) is 11.7. The van der Waals surface area contributed by atoms with Gasteiger partial charge in [-0.05, 0) is 25.7 Å². The molecule has 1 saturated carbocycles. The van der Waals surface area contributed by atoms with Gasteiger partial charge in [-0.2, -0.15) is 0 Å². The molecular formula is C13H22N2O5. The summed E-state index contributed by atoms with van der Waals surface area (Å²) in [7, 11) is 1.28. The van der Waals surface area contributed by atoms with Crippen LogP contribution in [-0.2, 0) is 14.3 Å². The molecule has 0 aromatic heterocycles. The molecule has 0 heterocycles. The predicted molar refractivity (Wildman–Crippen MR) is 71.2 cm³/mol. The summed E-state index contributed by atoms with van der Waals surface area (Å²) in [5.41, 5.74) is 0. The number of hydrogen-bond acceptors (Lipinski definition) is 4. The van der Waals surface area contributed by atoms with Gasteiger partial charge < -0.3 is 20.1 Å². The van der Waals surface area contributed by atoms with Crippen molar-refractivity contribution < 1.29 is 24.2 Å². The zero-order valence-corrected chi connectivity index (χ0v) is 11.9. The maximum Gasteiger partial charge on any atom is 0.325 e. The quantitative estimate of drug-likeness (QED) is 0.705. The molecular weight excluding hydrogens is 264 g/mol. The van der Waals surface area contributed by atoms with Crippen molar-refractivity contribution in [2.75, 3.05) is 20.2 Å². The van der Waals surface area contributed by atoms with E-state index >= 15 is 0 Å². The minimum absolute atomic E-state index is 0.0920. The van der Waals surface area contributed by atoms with Crippen LogP contribution in [0.15, 0.2) is 0 Å². The summed E-state index contributed by atoms with van der Waals surface area (Å²) in [4.78, 5) is 35.6. The van der Waals surface area contributed by atoms with E-state index in [1.807, 2.05) is 6.92 Å². The first-order valence-corrected chi connectivity index (χ1v) is 6.83. The van der Waals surface area contributed by atoms with E-state index in [0.29, 0.717) is 25.8 Å². The highest BCUT2D eigenvalue weighted by Gasteiger charge is 2.31. The van der Waals surface area contributed by atoms with E-state index in [2.05, 4.69) is 10.1 Å². The standard InChI is InChI=1S/C13H22N2O5/c1-3-6-15(8-11(16)20-2)13(19)14-10-5-4-9(7-10)12(17)18/h9-10H,3-8H2,1-2H3,(H,14,19)(H,17,18)/t9-,10+/m1/s1. The fraction of sp³-hybridized carbons (Fsp3) is 0.769. The smallest absolute Gasteiger partial charge is 0.325 e. The molecule has 2 amide bonds. The first kappa shape index (κ1) is 16.3. The van der Waals surface area contributed by atoms with E-state index < -0.39 is 11.9 Å². The molecule has 7 nitrogen and oxygen atoms in total. The zero-order valence-electron chi connectivity index (χ0n) is 11.9. The number of ether oxygens (including phenoxy) is 1. The van der Waals surface area contributed by atoms with Crippen molar-refractivity contribution in [1.29, 1.82) is 0 Å². The third kappa shape index (κ3) is 4.71.